The summed E-state index contributed by atoms with van der Waals surface area (Å²) in [6.45, 7) is 5.83. The third-order valence-electron chi connectivity index (χ3n) is 13.2. The molecule has 3 aliphatic heterocycles. The number of benzene rings is 1. The van der Waals surface area contributed by atoms with Crippen molar-refractivity contribution in [2.45, 2.75) is 126 Å². The Kier molecular flexibility index (Phi) is 11.5. The second-order valence-electron chi connectivity index (χ2n) is 18.0. The van der Waals surface area contributed by atoms with Gasteiger partial charge in [0.2, 0.25) is 33.6 Å². The SMILES string of the molecule is COc1ccc2c(O[C@]3(C)CN4C(=O)[C@@H](N(C(=O)O)C(C)C)[C@H](C)C[C@H](C)CC/C=C\[C@@H]5C[C@@]5(C(=O)NS(=O)(=O)C5(CF)CC5)NC(=O)[C@H]4C3(F)F)nc3c(c2c1)CCCO3. The molecule has 4 heterocycles. The maximum atomic E-state index is 17.7. The number of nitrogens with one attached hydrogen (secondary N) is 2. The Bertz CT molecular complexity index is 2260. The summed E-state index contributed by atoms with van der Waals surface area (Å²) in [5.74, 6) is -9.39. The van der Waals surface area contributed by atoms with Crippen LogP contribution in [0.3, 0.4) is 0 Å². The number of alkyl halides is 3. The monoisotopic (exact) mass is 877 g/mol. The minimum Gasteiger partial charge on any atom is -0.497 e. The van der Waals surface area contributed by atoms with Crippen molar-refractivity contribution >= 4 is 44.6 Å². The summed E-state index contributed by atoms with van der Waals surface area (Å²) < 4.78 is 93.6. The molecular weight excluding hydrogens is 824 g/mol. The predicted molar refractivity (Wildman–Crippen MR) is 216 cm³/mol. The van der Waals surface area contributed by atoms with E-state index in [9.17, 15) is 32.3 Å². The normalized spacial score (nSPS) is 31.2. The minimum atomic E-state index is -4.59. The van der Waals surface area contributed by atoms with Gasteiger partial charge in [-0.15, -0.1) is 0 Å². The van der Waals surface area contributed by atoms with Gasteiger partial charge in [-0.3, -0.25) is 24.0 Å². The maximum absolute atomic E-state index is 17.7. The molecule has 7 atom stereocenters. The molecular formula is C42H54F3N5O10S. The van der Waals surface area contributed by atoms with Gasteiger partial charge in [0.05, 0.1) is 20.3 Å². The van der Waals surface area contributed by atoms with Crippen molar-refractivity contribution in [1.29, 1.82) is 0 Å². The van der Waals surface area contributed by atoms with Gasteiger partial charge in [0.1, 0.15) is 28.8 Å². The number of halogens is 3. The van der Waals surface area contributed by atoms with E-state index in [2.05, 4.69) is 10.3 Å². The van der Waals surface area contributed by atoms with Crippen LogP contribution in [0.4, 0.5) is 18.0 Å². The Morgan fingerprint density at radius 2 is 1.90 bits per heavy atom. The topological polar surface area (TPSA) is 194 Å². The molecule has 2 aliphatic carbocycles. The fraction of sp³-hybridized carbons (Fsp3) is 0.643. The lowest BCUT2D eigenvalue weighted by atomic mass is 9.86. The second kappa shape index (κ2) is 15.8. The van der Waals surface area contributed by atoms with Crippen LogP contribution >= 0.6 is 0 Å². The number of rotatable bonds is 9. The summed E-state index contributed by atoms with van der Waals surface area (Å²) >= 11 is 0. The van der Waals surface area contributed by atoms with Crippen molar-refractivity contribution in [2.24, 2.45) is 17.8 Å². The number of carbonyl (C=O) groups excluding carboxylic acids is 3. The minimum absolute atomic E-state index is 0.0334. The molecule has 3 N–H and O–H groups in total. The van der Waals surface area contributed by atoms with Crippen molar-refractivity contribution in [3.8, 4) is 17.5 Å². The number of amides is 4. The molecule has 1 aromatic carbocycles. The fourth-order valence-electron chi connectivity index (χ4n) is 9.31. The van der Waals surface area contributed by atoms with Gasteiger partial charge < -0.3 is 29.5 Å². The van der Waals surface area contributed by atoms with E-state index in [1.54, 1.807) is 51.1 Å². The molecule has 0 bridgehead atoms. The molecule has 2 saturated carbocycles. The summed E-state index contributed by atoms with van der Waals surface area (Å²) in [6, 6.07) is -0.128. The Balaban J connectivity index is 1.35. The van der Waals surface area contributed by atoms with Gasteiger partial charge in [-0.05, 0) is 108 Å². The van der Waals surface area contributed by atoms with E-state index in [0.29, 0.717) is 65.7 Å². The summed E-state index contributed by atoms with van der Waals surface area (Å²) in [4.78, 5) is 62.8. The molecule has 4 amide bonds. The van der Waals surface area contributed by atoms with Gasteiger partial charge in [-0.2, -0.15) is 13.8 Å². The Hall–Kier alpha value is -4.81. The van der Waals surface area contributed by atoms with Gasteiger partial charge in [0.15, 0.2) is 11.6 Å². The molecule has 15 nitrogen and oxygen atoms in total. The first-order valence-electron chi connectivity index (χ1n) is 20.8. The number of sulfonamides is 1. The molecule has 0 unspecified atom stereocenters. The zero-order chi connectivity index (χ0) is 44.4. The highest BCUT2D eigenvalue weighted by Gasteiger charge is 2.72. The van der Waals surface area contributed by atoms with E-state index in [1.165, 1.54) is 7.11 Å². The van der Waals surface area contributed by atoms with Crippen LogP contribution in [0.15, 0.2) is 30.4 Å². The number of ether oxygens (including phenoxy) is 3. The van der Waals surface area contributed by atoms with Crippen LogP contribution in [-0.2, 0) is 30.8 Å². The van der Waals surface area contributed by atoms with Crippen molar-refractivity contribution in [3.05, 3.63) is 35.9 Å². The van der Waals surface area contributed by atoms with E-state index in [1.807, 2.05) is 11.6 Å². The van der Waals surface area contributed by atoms with Crippen LogP contribution in [0.5, 0.6) is 17.5 Å². The highest BCUT2D eigenvalue weighted by Crippen LogP contribution is 2.51. The number of fused-ring (bicyclic) bond motifs is 5. The quantitative estimate of drug-likeness (QED) is 0.283. The van der Waals surface area contributed by atoms with E-state index < -0.39 is 98.8 Å². The second-order valence-corrected chi connectivity index (χ2v) is 20.0. The van der Waals surface area contributed by atoms with Crippen molar-refractivity contribution in [2.75, 3.05) is 26.9 Å². The average molecular weight is 878 g/mol. The lowest BCUT2D eigenvalue weighted by molar-refractivity contribution is -0.163. The molecule has 3 fully saturated rings. The van der Waals surface area contributed by atoms with Crippen LogP contribution in [0.1, 0.15) is 85.1 Å². The zero-order valence-electron chi connectivity index (χ0n) is 35.1. The first-order chi connectivity index (χ1) is 28.7. The number of allylic oxidation sites excluding steroid dienone is 1. The van der Waals surface area contributed by atoms with Gasteiger partial charge >= 0.3 is 12.0 Å². The smallest absolute Gasteiger partial charge is 0.408 e. The lowest BCUT2D eigenvalue weighted by Gasteiger charge is -2.39. The Morgan fingerprint density at radius 1 is 1.18 bits per heavy atom. The number of hydrogen-bond acceptors (Lipinski definition) is 10. The highest BCUT2D eigenvalue weighted by atomic mass is 32.2. The zero-order valence-corrected chi connectivity index (χ0v) is 36.0. The van der Waals surface area contributed by atoms with Crippen molar-refractivity contribution in [3.63, 3.8) is 0 Å². The molecule has 61 heavy (non-hydrogen) atoms. The first kappa shape index (κ1) is 44.3. The van der Waals surface area contributed by atoms with Crippen LogP contribution in [0, 0.1) is 17.8 Å². The Morgan fingerprint density at radius 3 is 2.54 bits per heavy atom. The molecule has 5 aliphatic rings. The van der Waals surface area contributed by atoms with Crippen molar-refractivity contribution in [1.82, 2.24) is 24.8 Å². The number of carbonyl (C=O) groups is 4. The van der Waals surface area contributed by atoms with Gasteiger partial charge in [0, 0.05) is 22.9 Å². The number of aromatic nitrogens is 1. The molecule has 1 saturated heterocycles. The lowest BCUT2D eigenvalue weighted by Crippen LogP contribution is -2.63. The van der Waals surface area contributed by atoms with Crippen LogP contribution in [0.2, 0.25) is 0 Å². The van der Waals surface area contributed by atoms with Gasteiger partial charge in [-0.1, -0.05) is 26.0 Å². The molecule has 19 heteroatoms. The summed E-state index contributed by atoms with van der Waals surface area (Å²) in [5.41, 5.74) is -4.06. The standard InChI is InChI=1S/C42H54F3N5O10S/c1-23(2)50(38(54)55)31-25(4)18-24(3)10-7-8-11-26-20-41(26,37(53)48-61(56,57)40(21-43)15-16-40)47-33(51)32-42(44,45)39(5,22-49(32)36(31)52)60-35-29-14-13-27(58-6)19-30(29)28-12-9-17-59-34(28)46-35/h8,11,13-14,19,23-26,31-32H,7,9-10,12,15-18,20-22H2,1-6H3,(H,47,51)(H,48,53)(H,54,55)/b11-8-/t24-,25-,26-,31+,32+,39-,41-/m1/s1. The number of carboxylic acid groups (broad SMARTS) is 1. The van der Waals surface area contributed by atoms with E-state index in [4.69, 9.17) is 14.2 Å². The van der Waals surface area contributed by atoms with E-state index in [0.717, 1.165) is 11.8 Å². The summed E-state index contributed by atoms with van der Waals surface area (Å²) in [7, 11) is -3.11. The molecule has 7 rings (SSSR count). The number of nitrogens with zero attached hydrogens (tertiary/aromatic N) is 3. The molecule has 1 aromatic heterocycles. The summed E-state index contributed by atoms with van der Waals surface area (Å²) in [6.07, 6.45) is 4.24. The Labute approximate surface area is 352 Å². The van der Waals surface area contributed by atoms with E-state index >= 15 is 13.6 Å². The van der Waals surface area contributed by atoms with E-state index in [-0.39, 0.29) is 36.9 Å². The molecule has 0 radical (unpaired) electrons. The molecule has 2 aromatic rings. The number of pyridine rings is 1. The number of methoxy groups -OCH3 is 1. The van der Waals surface area contributed by atoms with Gasteiger partial charge in [0.25, 0.3) is 5.91 Å². The number of hydrogen-bond donors (Lipinski definition) is 3. The number of aryl methyl sites for hydroxylation is 1. The third kappa shape index (κ3) is 7.62. The molecule has 0 spiro atoms. The average Bonchev–Trinajstić information content (AvgIpc) is 4.12. The summed E-state index contributed by atoms with van der Waals surface area (Å²) in [5, 5.41) is 13.8. The van der Waals surface area contributed by atoms with Crippen molar-refractivity contribution < 1.29 is 60.1 Å². The van der Waals surface area contributed by atoms with Crippen LogP contribution < -0.4 is 24.2 Å². The van der Waals surface area contributed by atoms with Gasteiger partial charge in [-0.25, -0.2) is 17.6 Å². The molecule has 334 valence electrons. The van der Waals surface area contributed by atoms with Crippen LogP contribution in [-0.4, -0.2) is 119 Å². The maximum Gasteiger partial charge on any atom is 0.408 e. The fourth-order valence-corrected chi connectivity index (χ4v) is 10.7. The predicted octanol–water partition coefficient (Wildman–Crippen LogP) is 5.14. The highest BCUT2D eigenvalue weighted by molar-refractivity contribution is 7.91. The van der Waals surface area contributed by atoms with Crippen LogP contribution in [0.25, 0.3) is 10.8 Å². The first-order valence-corrected chi connectivity index (χ1v) is 22.3. The largest absolute Gasteiger partial charge is 0.497 e. The third-order valence-corrected chi connectivity index (χ3v) is 15.3.